The molecule has 2 unspecified atom stereocenters. The van der Waals surface area contributed by atoms with Gasteiger partial charge in [0.15, 0.2) is 0 Å². The van der Waals surface area contributed by atoms with E-state index >= 15 is 0 Å². The number of rotatable bonds is 6. The summed E-state index contributed by atoms with van der Waals surface area (Å²) in [6.07, 6.45) is 1.99. The lowest BCUT2D eigenvalue weighted by Crippen LogP contribution is -2.46. The summed E-state index contributed by atoms with van der Waals surface area (Å²) in [5, 5.41) is 9.25. The molecule has 0 aliphatic carbocycles. The third-order valence-corrected chi connectivity index (χ3v) is 3.75. The summed E-state index contributed by atoms with van der Waals surface area (Å²) >= 11 is 0. The standard InChI is InChI=1S/C14H22FNO/c1-3-13(16)14(4-2,9-10-17)11-7-5-6-8-12(11)15/h5-8,13,17H,3-4,9-10,16H2,1-2H3. The highest BCUT2D eigenvalue weighted by molar-refractivity contribution is 5.29. The van der Waals surface area contributed by atoms with E-state index in [-0.39, 0.29) is 18.5 Å². The summed E-state index contributed by atoms with van der Waals surface area (Å²) in [7, 11) is 0. The average Bonchev–Trinajstić information content (AvgIpc) is 2.36. The van der Waals surface area contributed by atoms with Crippen molar-refractivity contribution in [3.05, 3.63) is 35.6 Å². The molecule has 0 radical (unpaired) electrons. The SMILES string of the molecule is CCC(N)C(CC)(CCO)c1ccccc1F. The van der Waals surface area contributed by atoms with E-state index in [9.17, 15) is 9.50 Å². The molecule has 0 aromatic heterocycles. The third-order valence-electron chi connectivity index (χ3n) is 3.75. The molecule has 0 aliphatic heterocycles. The molecule has 0 aliphatic rings. The summed E-state index contributed by atoms with van der Waals surface area (Å²) in [5.41, 5.74) is 6.34. The van der Waals surface area contributed by atoms with Crippen LogP contribution in [0.25, 0.3) is 0 Å². The molecule has 0 heterocycles. The molecule has 2 atom stereocenters. The number of aliphatic hydroxyl groups excluding tert-OH is 1. The Morgan fingerprint density at radius 1 is 1.35 bits per heavy atom. The van der Waals surface area contributed by atoms with Gasteiger partial charge < -0.3 is 10.8 Å². The van der Waals surface area contributed by atoms with Gasteiger partial charge in [0.25, 0.3) is 0 Å². The van der Waals surface area contributed by atoms with Crippen LogP contribution in [0.15, 0.2) is 24.3 Å². The van der Waals surface area contributed by atoms with Gasteiger partial charge in [-0.05, 0) is 30.9 Å². The number of halogens is 1. The minimum Gasteiger partial charge on any atom is -0.396 e. The average molecular weight is 239 g/mol. The highest BCUT2D eigenvalue weighted by Gasteiger charge is 2.37. The van der Waals surface area contributed by atoms with Crippen molar-refractivity contribution in [1.82, 2.24) is 0 Å². The first-order chi connectivity index (χ1) is 8.12. The van der Waals surface area contributed by atoms with Gasteiger partial charge >= 0.3 is 0 Å². The molecule has 0 amide bonds. The normalized spacial score (nSPS) is 16.5. The van der Waals surface area contributed by atoms with Gasteiger partial charge in [-0.25, -0.2) is 4.39 Å². The van der Waals surface area contributed by atoms with Gasteiger partial charge in [-0.2, -0.15) is 0 Å². The molecule has 0 fully saturated rings. The van der Waals surface area contributed by atoms with Crippen LogP contribution in [0.5, 0.6) is 0 Å². The fourth-order valence-corrected chi connectivity index (χ4v) is 2.60. The van der Waals surface area contributed by atoms with E-state index in [0.29, 0.717) is 12.0 Å². The van der Waals surface area contributed by atoms with Crippen molar-refractivity contribution >= 4 is 0 Å². The maximum absolute atomic E-state index is 14.0. The second-order valence-corrected chi connectivity index (χ2v) is 4.48. The summed E-state index contributed by atoms with van der Waals surface area (Å²) in [6, 6.07) is 6.60. The highest BCUT2D eigenvalue weighted by atomic mass is 19.1. The van der Waals surface area contributed by atoms with E-state index < -0.39 is 5.41 Å². The van der Waals surface area contributed by atoms with E-state index in [4.69, 9.17) is 5.73 Å². The number of nitrogens with two attached hydrogens (primary N) is 1. The first kappa shape index (κ1) is 14.1. The van der Waals surface area contributed by atoms with Crippen LogP contribution < -0.4 is 5.73 Å². The quantitative estimate of drug-likeness (QED) is 0.801. The lowest BCUT2D eigenvalue weighted by molar-refractivity contribution is 0.202. The van der Waals surface area contributed by atoms with E-state index in [0.717, 1.165) is 12.8 Å². The van der Waals surface area contributed by atoms with E-state index in [1.54, 1.807) is 12.1 Å². The van der Waals surface area contributed by atoms with Crippen LogP contribution in [0.2, 0.25) is 0 Å². The molecule has 3 N–H and O–H groups in total. The molecule has 0 saturated heterocycles. The van der Waals surface area contributed by atoms with E-state index in [1.165, 1.54) is 6.07 Å². The van der Waals surface area contributed by atoms with Crippen LogP contribution >= 0.6 is 0 Å². The maximum atomic E-state index is 14.0. The van der Waals surface area contributed by atoms with Gasteiger partial charge in [0.1, 0.15) is 5.82 Å². The van der Waals surface area contributed by atoms with Gasteiger partial charge in [-0.3, -0.25) is 0 Å². The zero-order valence-electron chi connectivity index (χ0n) is 10.6. The Kier molecular flexibility index (Phi) is 5.09. The van der Waals surface area contributed by atoms with Crippen molar-refractivity contribution in [3.63, 3.8) is 0 Å². The lowest BCUT2D eigenvalue weighted by atomic mass is 9.69. The van der Waals surface area contributed by atoms with Gasteiger partial charge in [0, 0.05) is 18.1 Å². The zero-order chi connectivity index (χ0) is 12.9. The molecular weight excluding hydrogens is 217 g/mol. The van der Waals surface area contributed by atoms with Crippen molar-refractivity contribution in [1.29, 1.82) is 0 Å². The molecule has 2 nitrogen and oxygen atoms in total. The second kappa shape index (κ2) is 6.12. The van der Waals surface area contributed by atoms with Crippen molar-refractivity contribution in [3.8, 4) is 0 Å². The predicted octanol–water partition coefficient (Wildman–Crippen LogP) is 2.59. The minimum atomic E-state index is -0.463. The number of aliphatic hydroxyl groups is 1. The van der Waals surface area contributed by atoms with Crippen molar-refractivity contribution in [2.75, 3.05) is 6.61 Å². The fourth-order valence-electron chi connectivity index (χ4n) is 2.60. The molecule has 1 aromatic carbocycles. The molecule has 0 spiro atoms. The molecular formula is C14H22FNO. The molecule has 96 valence electrons. The van der Waals surface area contributed by atoms with Crippen molar-refractivity contribution in [2.24, 2.45) is 5.73 Å². The smallest absolute Gasteiger partial charge is 0.127 e. The topological polar surface area (TPSA) is 46.2 Å². The van der Waals surface area contributed by atoms with Gasteiger partial charge in [-0.15, -0.1) is 0 Å². The van der Waals surface area contributed by atoms with Crippen molar-refractivity contribution in [2.45, 2.75) is 44.6 Å². The van der Waals surface area contributed by atoms with Gasteiger partial charge in [0.2, 0.25) is 0 Å². The van der Waals surface area contributed by atoms with Crippen LogP contribution in [0.4, 0.5) is 4.39 Å². The largest absolute Gasteiger partial charge is 0.396 e. The van der Waals surface area contributed by atoms with Crippen LogP contribution in [0.1, 0.15) is 38.7 Å². The van der Waals surface area contributed by atoms with Crippen molar-refractivity contribution < 1.29 is 9.50 Å². The molecule has 17 heavy (non-hydrogen) atoms. The minimum absolute atomic E-state index is 0.0237. The summed E-state index contributed by atoms with van der Waals surface area (Å²) in [4.78, 5) is 0. The Morgan fingerprint density at radius 3 is 2.47 bits per heavy atom. The predicted molar refractivity (Wildman–Crippen MR) is 68.3 cm³/mol. The molecule has 3 heteroatoms. The Morgan fingerprint density at radius 2 is 2.00 bits per heavy atom. The van der Waals surface area contributed by atoms with E-state index in [1.807, 2.05) is 19.9 Å². The lowest BCUT2D eigenvalue weighted by Gasteiger charge is -2.38. The third kappa shape index (κ3) is 2.67. The summed E-state index contributed by atoms with van der Waals surface area (Å²) in [6.45, 7) is 4.01. The number of benzene rings is 1. The zero-order valence-corrected chi connectivity index (χ0v) is 10.6. The summed E-state index contributed by atoms with van der Waals surface area (Å²) in [5.74, 6) is -0.230. The Bertz CT molecular complexity index is 356. The summed E-state index contributed by atoms with van der Waals surface area (Å²) < 4.78 is 14.0. The Balaban J connectivity index is 3.26. The molecule has 1 aromatic rings. The van der Waals surface area contributed by atoms with Gasteiger partial charge in [-0.1, -0.05) is 32.0 Å². The Hall–Kier alpha value is -0.930. The second-order valence-electron chi connectivity index (χ2n) is 4.48. The molecule has 0 bridgehead atoms. The maximum Gasteiger partial charge on any atom is 0.127 e. The Labute approximate surface area is 103 Å². The number of hydrogen-bond acceptors (Lipinski definition) is 2. The fraction of sp³-hybridized carbons (Fsp3) is 0.571. The van der Waals surface area contributed by atoms with Crippen LogP contribution in [-0.2, 0) is 5.41 Å². The highest BCUT2D eigenvalue weighted by Crippen LogP contribution is 2.37. The first-order valence-electron chi connectivity index (χ1n) is 6.23. The first-order valence-corrected chi connectivity index (χ1v) is 6.23. The van der Waals surface area contributed by atoms with Gasteiger partial charge in [0.05, 0.1) is 0 Å². The van der Waals surface area contributed by atoms with E-state index in [2.05, 4.69) is 0 Å². The molecule has 0 saturated carbocycles. The monoisotopic (exact) mass is 239 g/mol. The van der Waals surface area contributed by atoms with Crippen LogP contribution in [0.3, 0.4) is 0 Å². The van der Waals surface area contributed by atoms with Crippen LogP contribution in [0, 0.1) is 5.82 Å². The van der Waals surface area contributed by atoms with Crippen LogP contribution in [-0.4, -0.2) is 17.8 Å². The number of hydrogen-bond donors (Lipinski definition) is 2. The molecule has 1 rings (SSSR count).